The van der Waals surface area contributed by atoms with E-state index in [4.69, 9.17) is 16.3 Å². The molecular weight excluding hydrogens is 316 g/mol. The summed E-state index contributed by atoms with van der Waals surface area (Å²) >= 11 is 6.11. The van der Waals surface area contributed by atoms with E-state index in [-0.39, 0.29) is 24.6 Å². The van der Waals surface area contributed by atoms with Gasteiger partial charge in [0.1, 0.15) is 6.61 Å². The van der Waals surface area contributed by atoms with Gasteiger partial charge in [0.2, 0.25) is 5.95 Å². The Bertz CT molecular complexity index is 668. The zero-order valence-corrected chi connectivity index (χ0v) is 13.5. The molecule has 1 saturated carbocycles. The van der Waals surface area contributed by atoms with E-state index in [1.54, 1.807) is 6.07 Å². The molecule has 1 aromatic heterocycles. The zero-order chi connectivity index (χ0) is 16.1. The number of aromatic nitrogens is 3. The molecule has 1 aromatic carbocycles. The second-order valence-corrected chi connectivity index (χ2v) is 6.01. The van der Waals surface area contributed by atoms with E-state index in [1.165, 1.54) is 19.3 Å². The number of ether oxygens (including phenoxy) is 1. The Morgan fingerprint density at radius 2 is 2.09 bits per heavy atom. The second kappa shape index (κ2) is 7.57. The summed E-state index contributed by atoms with van der Waals surface area (Å²) in [5.41, 5.74) is 0.737. The van der Waals surface area contributed by atoms with E-state index in [2.05, 4.69) is 20.5 Å². The molecule has 0 radical (unpaired) electrons. The van der Waals surface area contributed by atoms with Crippen molar-refractivity contribution >= 4 is 23.5 Å². The standard InChI is InChI=1S/C16H19ClN4O2/c17-13-9-5-4-8-12(13)15-19-16(21-20-15)18-14(22)10-23-11-6-2-1-3-7-11/h4-5,8-9,11H,1-3,6-7,10H2,(H2,18,19,20,21,22). The molecule has 0 unspecified atom stereocenters. The van der Waals surface area contributed by atoms with Crippen molar-refractivity contribution in [3.05, 3.63) is 29.3 Å². The number of benzene rings is 1. The summed E-state index contributed by atoms with van der Waals surface area (Å²) in [7, 11) is 0. The van der Waals surface area contributed by atoms with Crippen LogP contribution in [-0.2, 0) is 9.53 Å². The molecule has 0 saturated heterocycles. The molecule has 1 heterocycles. The molecule has 1 amide bonds. The minimum absolute atomic E-state index is 0.0284. The normalized spacial score (nSPS) is 15.5. The van der Waals surface area contributed by atoms with Crippen LogP contribution in [0.1, 0.15) is 32.1 Å². The lowest BCUT2D eigenvalue weighted by atomic mass is 9.98. The summed E-state index contributed by atoms with van der Waals surface area (Å²) in [6, 6.07) is 7.31. The highest BCUT2D eigenvalue weighted by atomic mass is 35.5. The van der Waals surface area contributed by atoms with Crippen LogP contribution in [0.5, 0.6) is 0 Å². The molecule has 23 heavy (non-hydrogen) atoms. The third kappa shape index (κ3) is 4.30. The second-order valence-electron chi connectivity index (χ2n) is 5.61. The molecule has 3 rings (SSSR count). The topological polar surface area (TPSA) is 79.9 Å². The van der Waals surface area contributed by atoms with Crippen molar-refractivity contribution < 1.29 is 9.53 Å². The smallest absolute Gasteiger partial charge is 0.252 e. The highest BCUT2D eigenvalue weighted by Gasteiger charge is 2.16. The number of anilines is 1. The fraction of sp³-hybridized carbons (Fsp3) is 0.438. The number of carbonyl (C=O) groups excluding carboxylic acids is 1. The van der Waals surface area contributed by atoms with E-state index >= 15 is 0 Å². The van der Waals surface area contributed by atoms with Crippen LogP contribution in [0.3, 0.4) is 0 Å². The first kappa shape index (κ1) is 16.0. The maximum atomic E-state index is 11.9. The number of carbonyl (C=O) groups is 1. The molecule has 122 valence electrons. The van der Waals surface area contributed by atoms with Crippen LogP contribution >= 0.6 is 11.6 Å². The minimum Gasteiger partial charge on any atom is -0.368 e. The van der Waals surface area contributed by atoms with Crippen LogP contribution < -0.4 is 5.32 Å². The van der Waals surface area contributed by atoms with E-state index in [0.717, 1.165) is 18.4 Å². The Hall–Kier alpha value is -1.92. The molecular formula is C16H19ClN4O2. The molecule has 1 aliphatic rings. The van der Waals surface area contributed by atoms with E-state index in [1.807, 2.05) is 18.2 Å². The van der Waals surface area contributed by atoms with E-state index < -0.39 is 0 Å². The van der Waals surface area contributed by atoms with Crippen molar-refractivity contribution in [3.8, 4) is 11.4 Å². The van der Waals surface area contributed by atoms with E-state index in [9.17, 15) is 4.79 Å². The maximum Gasteiger partial charge on any atom is 0.252 e. The van der Waals surface area contributed by atoms with Gasteiger partial charge in [0, 0.05) is 5.56 Å². The number of amides is 1. The lowest BCUT2D eigenvalue weighted by molar-refractivity contribution is -0.123. The number of nitrogens with zero attached hydrogens (tertiary/aromatic N) is 2. The summed E-state index contributed by atoms with van der Waals surface area (Å²) in [5.74, 6) is 0.483. The Morgan fingerprint density at radius 1 is 1.30 bits per heavy atom. The Morgan fingerprint density at radius 3 is 2.87 bits per heavy atom. The molecule has 6 nitrogen and oxygen atoms in total. The van der Waals surface area contributed by atoms with Crippen molar-refractivity contribution in [3.63, 3.8) is 0 Å². The number of aromatic amines is 1. The van der Waals surface area contributed by atoms with Gasteiger partial charge in [-0.3, -0.25) is 15.2 Å². The van der Waals surface area contributed by atoms with Gasteiger partial charge < -0.3 is 4.74 Å². The third-order valence-electron chi connectivity index (χ3n) is 3.87. The average molecular weight is 335 g/mol. The Labute approximate surface area is 139 Å². The van der Waals surface area contributed by atoms with Crippen LogP contribution in [-0.4, -0.2) is 33.8 Å². The number of rotatable bonds is 5. The number of H-pyrrole nitrogens is 1. The van der Waals surface area contributed by atoms with Crippen LogP contribution in [0.15, 0.2) is 24.3 Å². The Kier molecular flexibility index (Phi) is 5.25. The van der Waals surface area contributed by atoms with Crippen LogP contribution in [0, 0.1) is 0 Å². The molecule has 0 aliphatic heterocycles. The van der Waals surface area contributed by atoms with E-state index in [0.29, 0.717) is 10.8 Å². The first-order valence-corrected chi connectivity index (χ1v) is 8.19. The van der Waals surface area contributed by atoms with Gasteiger partial charge in [-0.05, 0) is 25.0 Å². The van der Waals surface area contributed by atoms with Crippen molar-refractivity contribution in [1.82, 2.24) is 15.2 Å². The summed E-state index contributed by atoms with van der Waals surface area (Å²) in [4.78, 5) is 16.1. The van der Waals surface area contributed by atoms with Crippen molar-refractivity contribution in [2.45, 2.75) is 38.2 Å². The van der Waals surface area contributed by atoms with Crippen molar-refractivity contribution in [2.75, 3.05) is 11.9 Å². The summed E-state index contributed by atoms with van der Waals surface area (Å²) in [5, 5.41) is 9.96. The highest BCUT2D eigenvalue weighted by molar-refractivity contribution is 6.33. The minimum atomic E-state index is -0.250. The SMILES string of the molecule is O=C(COC1CCCCC1)Nc1n[nH]c(-c2ccccc2Cl)n1. The number of nitrogens with one attached hydrogen (secondary N) is 2. The monoisotopic (exact) mass is 334 g/mol. The van der Waals surface area contributed by atoms with Gasteiger partial charge in [0.15, 0.2) is 5.82 Å². The summed E-state index contributed by atoms with van der Waals surface area (Å²) in [6.45, 7) is 0.0284. The van der Waals surface area contributed by atoms with Gasteiger partial charge in [-0.1, -0.05) is 43.0 Å². The number of halogens is 1. The first-order chi connectivity index (χ1) is 11.2. The molecule has 0 spiro atoms. The van der Waals surface area contributed by atoms with Crippen molar-refractivity contribution in [1.29, 1.82) is 0 Å². The van der Waals surface area contributed by atoms with Gasteiger partial charge >= 0.3 is 0 Å². The quantitative estimate of drug-likeness (QED) is 0.878. The first-order valence-electron chi connectivity index (χ1n) is 7.81. The van der Waals surface area contributed by atoms with Gasteiger partial charge in [-0.25, -0.2) is 0 Å². The lowest BCUT2D eigenvalue weighted by Gasteiger charge is -2.21. The predicted molar refractivity (Wildman–Crippen MR) is 88.3 cm³/mol. The average Bonchev–Trinajstić information content (AvgIpc) is 3.02. The molecule has 0 atom stereocenters. The largest absolute Gasteiger partial charge is 0.368 e. The van der Waals surface area contributed by atoms with Crippen LogP contribution in [0.4, 0.5) is 5.95 Å². The molecule has 1 fully saturated rings. The fourth-order valence-electron chi connectivity index (χ4n) is 2.68. The molecule has 0 bridgehead atoms. The zero-order valence-electron chi connectivity index (χ0n) is 12.7. The molecule has 7 heteroatoms. The Balaban J connectivity index is 1.54. The van der Waals surface area contributed by atoms with Crippen LogP contribution in [0.25, 0.3) is 11.4 Å². The molecule has 1 aliphatic carbocycles. The highest BCUT2D eigenvalue weighted by Crippen LogP contribution is 2.25. The van der Waals surface area contributed by atoms with Crippen LogP contribution in [0.2, 0.25) is 5.02 Å². The van der Waals surface area contributed by atoms with Gasteiger partial charge in [-0.2, -0.15) is 4.98 Å². The summed E-state index contributed by atoms with van der Waals surface area (Å²) < 4.78 is 5.63. The summed E-state index contributed by atoms with van der Waals surface area (Å²) in [6.07, 6.45) is 5.87. The number of hydrogen-bond acceptors (Lipinski definition) is 4. The predicted octanol–water partition coefficient (Wildman–Crippen LogP) is 3.41. The molecule has 2 aromatic rings. The van der Waals surface area contributed by atoms with Gasteiger partial charge in [-0.15, -0.1) is 5.10 Å². The third-order valence-corrected chi connectivity index (χ3v) is 4.20. The maximum absolute atomic E-state index is 11.9. The van der Waals surface area contributed by atoms with Crippen molar-refractivity contribution in [2.24, 2.45) is 0 Å². The molecule has 2 N–H and O–H groups in total. The van der Waals surface area contributed by atoms with Gasteiger partial charge in [0.25, 0.3) is 5.91 Å². The fourth-order valence-corrected chi connectivity index (χ4v) is 2.90. The van der Waals surface area contributed by atoms with Gasteiger partial charge in [0.05, 0.1) is 11.1 Å². The number of hydrogen-bond donors (Lipinski definition) is 2. The lowest BCUT2D eigenvalue weighted by Crippen LogP contribution is -2.25.